The van der Waals surface area contributed by atoms with Gasteiger partial charge < -0.3 is 4.57 Å². The van der Waals surface area contributed by atoms with E-state index in [1.807, 2.05) is 6.07 Å². The van der Waals surface area contributed by atoms with Crippen molar-refractivity contribution in [1.82, 2.24) is 19.5 Å². The van der Waals surface area contributed by atoms with E-state index in [2.05, 4.69) is 193 Å². The molecule has 9 aromatic carbocycles. The van der Waals surface area contributed by atoms with Crippen LogP contribution < -0.4 is 0 Å². The molecule has 0 spiro atoms. The normalized spacial score (nSPS) is 11.8. The van der Waals surface area contributed by atoms with Crippen molar-refractivity contribution in [2.45, 2.75) is 0 Å². The van der Waals surface area contributed by atoms with E-state index in [1.165, 1.54) is 53.4 Å². The van der Waals surface area contributed by atoms with Gasteiger partial charge in [0, 0.05) is 53.3 Å². The van der Waals surface area contributed by atoms with E-state index in [-0.39, 0.29) is 0 Å². The number of benzene rings is 9. The summed E-state index contributed by atoms with van der Waals surface area (Å²) in [7, 11) is 0. The van der Waals surface area contributed by atoms with Gasteiger partial charge in [-0.3, -0.25) is 0 Å². The van der Waals surface area contributed by atoms with E-state index in [4.69, 9.17) is 15.0 Å². The topological polar surface area (TPSA) is 43.6 Å². The highest BCUT2D eigenvalue weighted by Crippen LogP contribution is 2.42. The minimum absolute atomic E-state index is 0.644. The van der Waals surface area contributed by atoms with Crippen LogP contribution >= 0.6 is 11.3 Å². The molecular weight excluding hydrogens is 725 g/mol. The Morgan fingerprint density at radius 3 is 1.90 bits per heavy atom. The van der Waals surface area contributed by atoms with Gasteiger partial charge in [-0.15, -0.1) is 11.3 Å². The summed E-state index contributed by atoms with van der Waals surface area (Å²) in [6.45, 7) is 0. The van der Waals surface area contributed by atoms with Gasteiger partial charge in [-0.1, -0.05) is 152 Å². The number of para-hydroxylation sites is 1. The fraction of sp³-hybridized carbons (Fsp3) is 0. The van der Waals surface area contributed by atoms with Gasteiger partial charge in [0.15, 0.2) is 17.5 Å². The van der Waals surface area contributed by atoms with Crippen molar-refractivity contribution in [3.63, 3.8) is 0 Å². The third-order valence-corrected chi connectivity index (χ3v) is 12.6. The third kappa shape index (κ3) is 5.25. The van der Waals surface area contributed by atoms with Gasteiger partial charge in [0.1, 0.15) is 0 Å². The Labute approximate surface area is 338 Å². The van der Waals surface area contributed by atoms with E-state index in [9.17, 15) is 0 Å². The van der Waals surface area contributed by atoms with Crippen LogP contribution in [0.5, 0.6) is 0 Å². The number of rotatable bonds is 5. The molecule has 0 N–H and O–H groups in total. The van der Waals surface area contributed by atoms with Crippen molar-refractivity contribution in [2.24, 2.45) is 0 Å². The number of hydrogen-bond acceptors (Lipinski definition) is 4. The van der Waals surface area contributed by atoms with Gasteiger partial charge in [0.2, 0.25) is 0 Å². The van der Waals surface area contributed by atoms with Crippen LogP contribution in [0.25, 0.3) is 115 Å². The number of nitrogens with zero attached hydrogens (tertiary/aromatic N) is 4. The minimum Gasteiger partial charge on any atom is -0.309 e. The predicted octanol–water partition coefficient (Wildman–Crippen LogP) is 14.3. The lowest BCUT2D eigenvalue weighted by Gasteiger charge is -2.11. The van der Waals surface area contributed by atoms with Crippen molar-refractivity contribution >= 4 is 74.9 Å². The maximum absolute atomic E-state index is 5.25. The lowest BCUT2D eigenvalue weighted by Crippen LogP contribution is -2.00. The van der Waals surface area contributed by atoms with Gasteiger partial charge in [-0.05, 0) is 75.1 Å². The second-order valence-electron chi connectivity index (χ2n) is 14.8. The molecule has 0 saturated carbocycles. The van der Waals surface area contributed by atoms with Crippen LogP contribution in [0.15, 0.2) is 194 Å². The number of hydrogen-bond donors (Lipinski definition) is 0. The van der Waals surface area contributed by atoms with Crippen LogP contribution in [-0.2, 0) is 0 Å². The first-order valence-corrected chi connectivity index (χ1v) is 20.3. The highest BCUT2D eigenvalue weighted by Gasteiger charge is 2.19. The fourth-order valence-electron chi connectivity index (χ4n) is 8.67. The zero-order valence-electron chi connectivity index (χ0n) is 31.2. The molecule has 0 unspecified atom stereocenters. The number of thiophene rings is 1. The Hall–Kier alpha value is -7.47. The first-order valence-electron chi connectivity index (χ1n) is 19.5. The monoisotopic (exact) mass is 756 g/mol. The molecule has 12 aromatic rings. The molecule has 12 rings (SSSR count). The molecule has 0 aliphatic rings. The molecular formula is C53H32N4S. The predicted molar refractivity (Wildman–Crippen MR) is 244 cm³/mol. The van der Waals surface area contributed by atoms with Crippen molar-refractivity contribution in [1.29, 1.82) is 0 Å². The fourth-order valence-corrected chi connectivity index (χ4v) is 9.92. The van der Waals surface area contributed by atoms with Gasteiger partial charge >= 0.3 is 0 Å². The molecule has 0 bridgehead atoms. The standard InChI is InChI=1S/C53H32N4S/c1-2-12-33(13-3-1)37-17-10-18-38(30-37)51-54-52(39-25-24-34-14-4-5-16-36(34)31-39)56-53(55-51)45-22-11-21-43-42-28-27-40(32-48(42)58-50(43)45)57-46-23-9-8-20-44(46)49-41-19-7-6-15-35(41)26-29-47(49)57/h1-32H. The van der Waals surface area contributed by atoms with E-state index in [1.54, 1.807) is 11.3 Å². The highest BCUT2D eigenvalue weighted by molar-refractivity contribution is 7.26. The van der Waals surface area contributed by atoms with Crippen molar-refractivity contribution in [3.05, 3.63) is 194 Å². The van der Waals surface area contributed by atoms with Crippen molar-refractivity contribution < 1.29 is 0 Å². The summed E-state index contributed by atoms with van der Waals surface area (Å²) in [5, 5.41) is 9.81. The molecule has 0 saturated heterocycles. The van der Waals surface area contributed by atoms with E-state index in [0.29, 0.717) is 17.5 Å². The SMILES string of the molecule is c1ccc(-c2cccc(-c3nc(-c4ccc5ccccc5c4)nc(-c4cccc5c4sc4cc(-n6c7ccccc7c7c8ccccc8ccc76)ccc45)n3)c2)cc1. The van der Waals surface area contributed by atoms with Crippen LogP contribution in [0, 0.1) is 0 Å². The maximum Gasteiger partial charge on any atom is 0.165 e. The Morgan fingerprint density at radius 1 is 0.362 bits per heavy atom. The van der Waals surface area contributed by atoms with Crippen LogP contribution in [-0.4, -0.2) is 19.5 Å². The largest absolute Gasteiger partial charge is 0.309 e. The Morgan fingerprint density at radius 2 is 1.02 bits per heavy atom. The van der Waals surface area contributed by atoms with Gasteiger partial charge in [0.05, 0.1) is 11.0 Å². The lowest BCUT2D eigenvalue weighted by molar-refractivity contribution is 1.08. The summed E-state index contributed by atoms with van der Waals surface area (Å²) in [6.07, 6.45) is 0. The summed E-state index contributed by atoms with van der Waals surface area (Å²) in [5.41, 5.74) is 8.70. The van der Waals surface area contributed by atoms with Gasteiger partial charge in [-0.25, -0.2) is 15.0 Å². The van der Waals surface area contributed by atoms with E-state index < -0.39 is 0 Å². The third-order valence-electron chi connectivity index (χ3n) is 11.4. The molecule has 270 valence electrons. The molecule has 58 heavy (non-hydrogen) atoms. The average molecular weight is 757 g/mol. The molecule has 0 atom stereocenters. The van der Waals surface area contributed by atoms with Crippen LogP contribution in [0.4, 0.5) is 0 Å². The highest BCUT2D eigenvalue weighted by atomic mass is 32.1. The smallest absolute Gasteiger partial charge is 0.165 e. The zero-order chi connectivity index (χ0) is 38.2. The van der Waals surface area contributed by atoms with Crippen molar-refractivity contribution in [2.75, 3.05) is 0 Å². The molecule has 3 heterocycles. The zero-order valence-corrected chi connectivity index (χ0v) is 32.0. The average Bonchev–Trinajstić information content (AvgIpc) is 3.85. The number of fused-ring (bicyclic) bond motifs is 9. The van der Waals surface area contributed by atoms with Crippen molar-refractivity contribution in [3.8, 4) is 51.0 Å². The second kappa shape index (κ2) is 13.1. The molecule has 5 heteroatoms. The first kappa shape index (κ1) is 32.7. The summed E-state index contributed by atoms with van der Waals surface area (Å²) < 4.78 is 4.79. The molecule has 0 radical (unpaired) electrons. The van der Waals surface area contributed by atoms with Gasteiger partial charge in [0.25, 0.3) is 0 Å². The Bertz CT molecular complexity index is 3580. The molecule has 3 aromatic heterocycles. The lowest BCUT2D eigenvalue weighted by atomic mass is 10.0. The quantitative estimate of drug-likeness (QED) is 0.176. The molecule has 0 fully saturated rings. The molecule has 0 aliphatic heterocycles. The second-order valence-corrected chi connectivity index (χ2v) is 15.9. The maximum atomic E-state index is 5.25. The summed E-state index contributed by atoms with van der Waals surface area (Å²) in [6, 6.07) is 69.2. The Kier molecular flexibility index (Phi) is 7.37. The van der Waals surface area contributed by atoms with Gasteiger partial charge in [-0.2, -0.15) is 0 Å². The van der Waals surface area contributed by atoms with Crippen LogP contribution in [0.3, 0.4) is 0 Å². The summed E-state index contributed by atoms with van der Waals surface area (Å²) in [4.78, 5) is 15.6. The van der Waals surface area contributed by atoms with E-state index in [0.717, 1.165) is 43.6 Å². The summed E-state index contributed by atoms with van der Waals surface area (Å²) in [5.74, 6) is 1.95. The first-order chi connectivity index (χ1) is 28.7. The molecule has 0 amide bonds. The van der Waals surface area contributed by atoms with Crippen LogP contribution in [0.2, 0.25) is 0 Å². The van der Waals surface area contributed by atoms with Crippen LogP contribution in [0.1, 0.15) is 0 Å². The number of aromatic nitrogens is 4. The Balaban J connectivity index is 1.05. The molecule has 0 aliphatic carbocycles. The molecule has 4 nitrogen and oxygen atoms in total. The summed E-state index contributed by atoms with van der Waals surface area (Å²) >= 11 is 1.80. The van der Waals surface area contributed by atoms with E-state index >= 15 is 0 Å². The minimum atomic E-state index is 0.644.